The monoisotopic (exact) mass is 620 g/mol. The minimum Gasteiger partial charge on any atom is -0.444 e. The van der Waals surface area contributed by atoms with Crippen LogP contribution in [-0.2, 0) is 16.0 Å². The van der Waals surface area contributed by atoms with Gasteiger partial charge in [0, 0.05) is 57.5 Å². The molecule has 6 rings (SSSR count). The Morgan fingerprint density at radius 3 is 2.58 bits per heavy atom. The highest BCUT2D eigenvalue weighted by molar-refractivity contribution is 5.92. The third kappa shape index (κ3) is 7.98. The topological polar surface area (TPSA) is 154 Å². The van der Waals surface area contributed by atoms with Gasteiger partial charge in [-0.25, -0.2) is 14.8 Å². The summed E-state index contributed by atoms with van der Waals surface area (Å²) in [5.74, 6) is 1.48. The van der Waals surface area contributed by atoms with Crippen LogP contribution in [0.3, 0.4) is 0 Å². The largest absolute Gasteiger partial charge is 0.444 e. The van der Waals surface area contributed by atoms with Crippen LogP contribution in [0.5, 0.6) is 0 Å². The van der Waals surface area contributed by atoms with Crippen LogP contribution in [0.4, 0.5) is 16.6 Å². The lowest BCUT2D eigenvalue weighted by atomic mass is 10.0. The second-order valence-corrected chi connectivity index (χ2v) is 13.1. The molecule has 1 atom stereocenters. The van der Waals surface area contributed by atoms with Crippen molar-refractivity contribution in [3.8, 4) is 0 Å². The van der Waals surface area contributed by atoms with Gasteiger partial charge >= 0.3 is 6.09 Å². The fraction of sp³-hybridized carbons (Fsp3) is 0.613. The van der Waals surface area contributed by atoms with E-state index in [1.165, 1.54) is 0 Å². The zero-order chi connectivity index (χ0) is 31.4. The van der Waals surface area contributed by atoms with Gasteiger partial charge in [-0.3, -0.25) is 14.7 Å². The predicted molar refractivity (Wildman–Crippen MR) is 169 cm³/mol. The molecule has 0 aliphatic carbocycles. The normalized spacial score (nSPS) is 20.3. The van der Waals surface area contributed by atoms with Crippen molar-refractivity contribution in [2.75, 3.05) is 62.3 Å². The van der Waals surface area contributed by atoms with Crippen molar-refractivity contribution in [1.29, 1.82) is 0 Å². The second kappa shape index (κ2) is 13.5. The third-order valence-corrected chi connectivity index (χ3v) is 8.39. The number of imidazole rings is 1. The number of carbonyl (C=O) groups is 2. The van der Waals surface area contributed by atoms with Gasteiger partial charge in [0.15, 0.2) is 11.5 Å². The number of hydrogen-bond acceptors (Lipinski definition) is 11. The molecule has 2 amide bonds. The Hall–Kier alpha value is -4.04. The minimum absolute atomic E-state index is 0.0309. The number of fused-ring (bicyclic) bond motifs is 1. The van der Waals surface area contributed by atoms with Gasteiger partial charge in [0.1, 0.15) is 23.1 Å². The number of amides is 2. The minimum atomic E-state index is -0.526. The number of likely N-dealkylation sites (tertiary alicyclic amines) is 1. The molecule has 3 saturated heterocycles. The summed E-state index contributed by atoms with van der Waals surface area (Å²) in [6, 6.07) is 3.90. The quantitative estimate of drug-likeness (QED) is 0.357. The summed E-state index contributed by atoms with van der Waals surface area (Å²) >= 11 is 0. The average molecular weight is 621 g/mol. The molecule has 0 radical (unpaired) electrons. The molecule has 14 heteroatoms. The second-order valence-electron chi connectivity index (χ2n) is 13.1. The fourth-order valence-electron chi connectivity index (χ4n) is 6.21. The maximum atomic E-state index is 13.2. The first kappa shape index (κ1) is 31.0. The molecule has 3 aliphatic rings. The standard InChI is InChI=1S/C31H44N10O4/c1-31(2,3)45-30(43)36-23-5-4-10-39(19-23)18-21-6-9-32-24(17-21)28(42)35-22-7-11-41(12-8-22)29-37-25-26(38-29)33-20-34-27(25)40-13-15-44-16-14-40/h6,9,17,20,22-23H,4-5,7-8,10-16,18-19H2,1-3H3,(H,35,42)(H,36,43)(H,33,34,37,38)/t23-/m1/s1. The predicted octanol–water partition coefficient (Wildman–Crippen LogP) is 2.47. The SMILES string of the molecule is CC(C)(C)OC(=O)N[C@@H]1CCCN(Cc2ccnc(C(=O)NC3CCN(c4nc5ncnc(N6CCOCC6)c5[nH]4)CC3)c2)C1. The molecular formula is C31H44N10O4. The zero-order valence-electron chi connectivity index (χ0n) is 26.4. The van der Waals surface area contributed by atoms with Crippen molar-refractivity contribution in [2.24, 2.45) is 0 Å². The van der Waals surface area contributed by atoms with E-state index in [2.05, 4.69) is 45.3 Å². The van der Waals surface area contributed by atoms with Crippen LogP contribution in [0.1, 0.15) is 62.5 Å². The van der Waals surface area contributed by atoms with E-state index < -0.39 is 5.60 Å². The fourth-order valence-corrected chi connectivity index (χ4v) is 6.21. The summed E-state index contributed by atoms with van der Waals surface area (Å²) < 4.78 is 10.9. The van der Waals surface area contributed by atoms with Gasteiger partial charge in [0.05, 0.1) is 13.2 Å². The number of carbonyl (C=O) groups excluding carboxylic acids is 2. The van der Waals surface area contributed by atoms with E-state index in [0.29, 0.717) is 31.1 Å². The third-order valence-electron chi connectivity index (χ3n) is 8.39. The van der Waals surface area contributed by atoms with Gasteiger partial charge < -0.3 is 34.9 Å². The number of nitrogens with zero attached hydrogens (tertiary/aromatic N) is 7. The number of nitrogens with one attached hydrogen (secondary N) is 3. The Morgan fingerprint density at radius 2 is 1.80 bits per heavy atom. The lowest BCUT2D eigenvalue weighted by Crippen LogP contribution is -2.48. The number of hydrogen-bond donors (Lipinski definition) is 3. The first-order chi connectivity index (χ1) is 21.7. The Kier molecular flexibility index (Phi) is 9.31. The number of ether oxygens (including phenoxy) is 2. The molecule has 3 aromatic rings. The summed E-state index contributed by atoms with van der Waals surface area (Å²) in [6.45, 7) is 12.4. The highest BCUT2D eigenvalue weighted by Crippen LogP contribution is 2.26. The van der Waals surface area contributed by atoms with E-state index in [1.54, 1.807) is 12.5 Å². The van der Waals surface area contributed by atoms with Gasteiger partial charge in [0.2, 0.25) is 5.95 Å². The van der Waals surface area contributed by atoms with Crippen molar-refractivity contribution in [3.05, 3.63) is 35.9 Å². The summed E-state index contributed by atoms with van der Waals surface area (Å²) in [6.07, 6.45) is 6.37. The number of piperidine rings is 2. The Balaban J connectivity index is 1.000. The van der Waals surface area contributed by atoms with Gasteiger partial charge in [-0.15, -0.1) is 0 Å². The lowest BCUT2D eigenvalue weighted by Gasteiger charge is -2.33. The molecule has 14 nitrogen and oxygen atoms in total. The van der Waals surface area contributed by atoms with E-state index in [0.717, 1.165) is 87.8 Å². The maximum Gasteiger partial charge on any atom is 0.407 e. The summed E-state index contributed by atoms with van der Waals surface area (Å²) in [5.41, 5.74) is 2.41. The van der Waals surface area contributed by atoms with Gasteiger partial charge in [-0.1, -0.05) is 0 Å². The van der Waals surface area contributed by atoms with Crippen molar-refractivity contribution < 1.29 is 19.1 Å². The molecule has 3 N–H and O–H groups in total. The smallest absolute Gasteiger partial charge is 0.407 e. The van der Waals surface area contributed by atoms with Crippen LogP contribution in [-0.4, -0.2) is 112 Å². The van der Waals surface area contributed by atoms with Gasteiger partial charge in [-0.2, -0.15) is 4.98 Å². The van der Waals surface area contributed by atoms with Crippen molar-refractivity contribution in [3.63, 3.8) is 0 Å². The number of pyridine rings is 1. The van der Waals surface area contributed by atoms with Gasteiger partial charge in [0.25, 0.3) is 5.91 Å². The first-order valence-corrected chi connectivity index (χ1v) is 16.0. The Morgan fingerprint density at radius 1 is 1.00 bits per heavy atom. The number of aromatic amines is 1. The molecule has 6 heterocycles. The number of alkyl carbamates (subject to hydrolysis) is 1. The summed E-state index contributed by atoms with van der Waals surface area (Å²) in [4.78, 5) is 53.6. The summed E-state index contributed by atoms with van der Waals surface area (Å²) in [5, 5.41) is 6.19. The molecule has 0 saturated carbocycles. The molecule has 45 heavy (non-hydrogen) atoms. The van der Waals surface area contributed by atoms with E-state index in [-0.39, 0.29) is 24.1 Å². The Labute approximate surface area is 263 Å². The first-order valence-electron chi connectivity index (χ1n) is 16.0. The van der Waals surface area contributed by atoms with Crippen LogP contribution in [0, 0.1) is 0 Å². The number of H-pyrrole nitrogens is 1. The van der Waals surface area contributed by atoms with Crippen molar-refractivity contribution >= 4 is 34.9 Å². The number of anilines is 2. The van der Waals surface area contributed by atoms with E-state index in [4.69, 9.17) is 14.5 Å². The molecule has 242 valence electrons. The molecule has 0 bridgehead atoms. The van der Waals surface area contributed by atoms with Crippen LogP contribution >= 0.6 is 0 Å². The summed E-state index contributed by atoms with van der Waals surface area (Å²) in [7, 11) is 0. The van der Waals surface area contributed by atoms with Crippen molar-refractivity contribution in [2.45, 2.75) is 70.7 Å². The highest BCUT2D eigenvalue weighted by Gasteiger charge is 2.27. The van der Waals surface area contributed by atoms with Crippen LogP contribution in [0.25, 0.3) is 11.2 Å². The van der Waals surface area contributed by atoms with E-state index in [1.807, 2.05) is 32.9 Å². The van der Waals surface area contributed by atoms with Crippen LogP contribution in [0.15, 0.2) is 24.7 Å². The van der Waals surface area contributed by atoms with E-state index in [9.17, 15) is 9.59 Å². The molecule has 0 spiro atoms. The highest BCUT2D eigenvalue weighted by atomic mass is 16.6. The Bertz CT molecular complexity index is 1480. The van der Waals surface area contributed by atoms with Crippen LogP contribution in [0.2, 0.25) is 0 Å². The number of aromatic nitrogens is 5. The molecule has 3 fully saturated rings. The van der Waals surface area contributed by atoms with Crippen LogP contribution < -0.4 is 20.4 Å². The average Bonchev–Trinajstić information content (AvgIpc) is 3.46. The van der Waals surface area contributed by atoms with E-state index >= 15 is 0 Å². The van der Waals surface area contributed by atoms with Gasteiger partial charge in [-0.05, 0) is 70.7 Å². The molecule has 0 aromatic carbocycles. The maximum absolute atomic E-state index is 13.2. The molecule has 3 aromatic heterocycles. The lowest BCUT2D eigenvalue weighted by molar-refractivity contribution is 0.0470. The number of morpholine rings is 1. The molecular weight excluding hydrogens is 576 g/mol. The van der Waals surface area contributed by atoms with Crippen molar-refractivity contribution in [1.82, 2.24) is 40.5 Å². The zero-order valence-corrected chi connectivity index (χ0v) is 26.4. The number of rotatable bonds is 7. The molecule has 3 aliphatic heterocycles. The molecule has 0 unspecified atom stereocenters.